The maximum atomic E-state index is 5.14. The average molecular weight is 265 g/mol. The van der Waals surface area contributed by atoms with Gasteiger partial charge in [-0.2, -0.15) is 0 Å². The highest BCUT2D eigenvalue weighted by molar-refractivity contribution is 5.14. The van der Waals surface area contributed by atoms with Crippen LogP contribution >= 0.6 is 0 Å². The largest absolute Gasteiger partial charge is 0.481 e. The molecule has 0 aliphatic heterocycles. The summed E-state index contributed by atoms with van der Waals surface area (Å²) in [6, 6.07) is 2.43. The first kappa shape index (κ1) is 15.9. The van der Waals surface area contributed by atoms with Crippen molar-refractivity contribution in [3.05, 3.63) is 18.1 Å². The molecule has 0 spiro atoms. The number of nitrogens with one attached hydrogen (secondary N) is 1. The first-order valence-corrected chi connectivity index (χ1v) is 7.38. The zero-order valence-electron chi connectivity index (χ0n) is 12.5. The van der Waals surface area contributed by atoms with Crippen LogP contribution in [0.1, 0.15) is 51.6 Å². The summed E-state index contributed by atoms with van der Waals surface area (Å²) in [6.07, 6.45) is 8.96. The van der Waals surface area contributed by atoms with Gasteiger partial charge in [0.2, 0.25) is 5.88 Å². The minimum Gasteiger partial charge on any atom is -0.481 e. The number of rotatable bonds is 10. The van der Waals surface area contributed by atoms with Crippen molar-refractivity contribution in [3.8, 4) is 5.88 Å². The molecule has 108 valence electrons. The third kappa shape index (κ3) is 6.53. The molecule has 0 aromatic carbocycles. The minimum absolute atomic E-state index is 0.501. The lowest BCUT2D eigenvalue weighted by atomic mass is 10.0. The Bertz CT molecular complexity index is 344. The molecule has 19 heavy (non-hydrogen) atoms. The highest BCUT2D eigenvalue weighted by Gasteiger charge is 2.10. The van der Waals surface area contributed by atoms with Crippen LogP contribution in [0.25, 0.3) is 0 Å². The van der Waals surface area contributed by atoms with Gasteiger partial charge in [-0.05, 0) is 13.0 Å². The lowest BCUT2D eigenvalue weighted by Crippen LogP contribution is -2.31. The van der Waals surface area contributed by atoms with Crippen LogP contribution in [0.2, 0.25) is 0 Å². The predicted octanol–water partition coefficient (Wildman–Crippen LogP) is 2.98. The maximum Gasteiger partial charge on any atom is 0.216 e. The van der Waals surface area contributed by atoms with Crippen LogP contribution in [0.5, 0.6) is 5.88 Å². The Morgan fingerprint density at radius 1 is 1.21 bits per heavy atom. The summed E-state index contributed by atoms with van der Waals surface area (Å²) in [6.45, 7) is 5.40. The van der Waals surface area contributed by atoms with Gasteiger partial charge in [0.15, 0.2) is 0 Å². The molecule has 1 heterocycles. The van der Waals surface area contributed by atoms with E-state index >= 15 is 0 Å². The fraction of sp³-hybridized carbons (Fsp3) is 0.733. The molecule has 0 amide bonds. The number of nitrogens with zero attached hydrogens (tertiary/aromatic N) is 2. The number of hydrogen-bond acceptors (Lipinski definition) is 4. The van der Waals surface area contributed by atoms with E-state index in [1.165, 1.54) is 32.1 Å². The summed E-state index contributed by atoms with van der Waals surface area (Å²) >= 11 is 0. The fourth-order valence-corrected chi connectivity index (χ4v) is 2.24. The van der Waals surface area contributed by atoms with Gasteiger partial charge in [-0.25, -0.2) is 9.97 Å². The van der Waals surface area contributed by atoms with Gasteiger partial charge in [-0.15, -0.1) is 0 Å². The Kier molecular flexibility index (Phi) is 8.14. The number of ether oxygens (including phenoxy) is 1. The van der Waals surface area contributed by atoms with Crippen LogP contribution in [0.3, 0.4) is 0 Å². The van der Waals surface area contributed by atoms with Crippen LogP contribution in [-0.2, 0) is 6.42 Å². The Balaban J connectivity index is 2.46. The molecular formula is C15H27N3O. The van der Waals surface area contributed by atoms with Crippen LogP contribution in [0, 0.1) is 0 Å². The van der Waals surface area contributed by atoms with E-state index in [0.717, 1.165) is 18.7 Å². The first-order chi connectivity index (χ1) is 9.30. The summed E-state index contributed by atoms with van der Waals surface area (Å²) in [5.74, 6) is 0.645. The maximum absolute atomic E-state index is 5.14. The Morgan fingerprint density at radius 2 is 2.05 bits per heavy atom. The third-order valence-corrected chi connectivity index (χ3v) is 3.26. The van der Waals surface area contributed by atoms with E-state index in [1.807, 2.05) is 6.07 Å². The molecule has 4 heteroatoms. The molecule has 0 aliphatic carbocycles. The van der Waals surface area contributed by atoms with Crippen molar-refractivity contribution in [1.29, 1.82) is 0 Å². The monoisotopic (exact) mass is 265 g/mol. The molecule has 0 saturated carbocycles. The Morgan fingerprint density at radius 3 is 2.74 bits per heavy atom. The summed E-state index contributed by atoms with van der Waals surface area (Å²) in [5, 5.41) is 3.54. The lowest BCUT2D eigenvalue weighted by molar-refractivity contribution is 0.394. The van der Waals surface area contributed by atoms with Crippen molar-refractivity contribution in [2.45, 2.75) is 58.4 Å². The van der Waals surface area contributed by atoms with Crippen molar-refractivity contribution in [2.75, 3.05) is 13.7 Å². The highest BCUT2D eigenvalue weighted by atomic mass is 16.5. The topological polar surface area (TPSA) is 47.0 Å². The second-order valence-corrected chi connectivity index (χ2v) is 4.86. The number of likely N-dealkylation sites (N-methyl/N-ethyl adjacent to an activating group) is 1. The van der Waals surface area contributed by atoms with E-state index in [0.29, 0.717) is 11.9 Å². The van der Waals surface area contributed by atoms with Crippen LogP contribution in [-0.4, -0.2) is 29.7 Å². The third-order valence-electron chi connectivity index (χ3n) is 3.26. The van der Waals surface area contributed by atoms with Gasteiger partial charge < -0.3 is 10.1 Å². The van der Waals surface area contributed by atoms with Crippen molar-refractivity contribution in [3.63, 3.8) is 0 Å². The van der Waals surface area contributed by atoms with Crippen molar-refractivity contribution in [2.24, 2.45) is 0 Å². The second-order valence-electron chi connectivity index (χ2n) is 4.86. The molecule has 1 N–H and O–H groups in total. The summed E-state index contributed by atoms with van der Waals surface area (Å²) < 4.78 is 5.14. The number of methoxy groups -OCH3 is 1. The molecule has 0 aliphatic rings. The zero-order valence-corrected chi connectivity index (χ0v) is 12.5. The van der Waals surface area contributed by atoms with E-state index in [-0.39, 0.29) is 0 Å². The van der Waals surface area contributed by atoms with Crippen LogP contribution < -0.4 is 10.1 Å². The molecule has 0 bridgehead atoms. The lowest BCUT2D eigenvalue weighted by Gasteiger charge is -2.17. The number of aromatic nitrogens is 2. The van der Waals surface area contributed by atoms with Gasteiger partial charge in [-0.3, -0.25) is 0 Å². The van der Waals surface area contributed by atoms with E-state index in [1.54, 1.807) is 13.4 Å². The average Bonchev–Trinajstić information content (AvgIpc) is 2.44. The number of hydrogen-bond donors (Lipinski definition) is 1. The quantitative estimate of drug-likeness (QED) is 0.661. The number of unbranched alkanes of at least 4 members (excludes halogenated alkanes) is 3. The zero-order chi connectivity index (χ0) is 13.9. The Labute approximate surface area is 117 Å². The molecule has 4 nitrogen and oxygen atoms in total. The SMILES string of the molecule is CCCCCCC(Cc1cc(OC)ncn1)NCC. The predicted molar refractivity (Wildman–Crippen MR) is 78.5 cm³/mol. The molecule has 1 aromatic heterocycles. The molecule has 0 saturated heterocycles. The normalized spacial score (nSPS) is 12.4. The van der Waals surface area contributed by atoms with Gasteiger partial charge in [0, 0.05) is 24.2 Å². The standard InChI is InChI=1S/C15H27N3O/c1-4-6-7-8-9-13(16-5-2)10-14-11-15(19-3)18-12-17-14/h11-13,16H,4-10H2,1-3H3. The molecule has 1 aromatic rings. The van der Waals surface area contributed by atoms with E-state index < -0.39 is 0 Å². The highest BCUT2D eigenvalue weighted by Crippen LogP contribution is 2.12. The van der Waals surface area contributed by atoms with Crippen molar-refractivity contribution < 1.29 is 4.74 Å². The van der Waals surface area contributed by atoms with Crippen molar-refractivity contribution >= 4 is 0 Å². The summed E-state index contributed by atoms with van der Waals surface area (Å²) in [7, 11) is 1.64. The van der Waals surface area contributed by atoms with Gasteiger partial charge in [-0.1, -0.05) is 39.5 Å². The van der Waals surface area contributed by atoms with Gasteiger partial charge in [0.05, 0.1) is 7.11 Å². The van der Waals surface area contributed by atoms with Gasteiger partial charge >= 0.3 is 0 Å². The van der Waals surface area contributed by atoms with Crippen LogP contribution in [0.15, 0.2) is 12.4 Å². The van der Waals surface area contributed by atoms with E-state index in [4.69, 9.17) is 4.74 Å². The smallest absolute Gasteiger partial charge is 0.216 e. The molecule has 1 atom stereocenters. The van der Waals surface area contributed by atoms with Gasteiger partial charge in [0.1, 0.15) is 6.33 Å². The minimum atomic E-state index is 0.501. The van der Waals surface area contributed by atoms with Crippen molar-refractivity contribution in [1.82, 2.24) is 15.3 Å². The Hall–Kier alpha value is -1.16. The van der Waals surface area contributed by atoms with E-state index in [9.17, 15) is 0 Å². The molecule has 0 radical (unpaired) electrons. The van der Waals surface area contributed by atoms with Gasteiger partial charge in [0.25, 0.3) is 0 Å². The fourth-order valence-electron chi connectivity index (χ4n) is 2.24. The molecule has 0 fully saturated rings. The molecule has 1 rings (SSSR count). The van der Waals surface area contributed by atoms with Crippen LogP contribution in [0.4, 0.5) is 0 Å². The second kappa shape index (κ2) is 9.73. The van der Waals surface area contributed by atoms with E-state index in [2.05, 4.69) is 29.1 Å². The molecular weight excluding hydrogens is 238 g/mol. The molecule has 1 unspecified atom stereocenters. The summed E-state index contributed by atoms with van der Waals surface area (Å²) in [4.78, 5) is 8.37. The summed E-state index contributed by atoms with van der Waals surface area (Å²) in [5.41, 5.74) is 1.05. The first-order valence-electron chi connectivity index (χ1n) is 7.38.